The van der Waals surface area contributed by atoms with Crippen molar-refractivity contribution < 1.29 is 23.1 Å². The smallest absolute Gasteiger partial charge is 0.318 e. The van der Waals surface area contributed by atoms with E-state index in [9.17, 15) is 13.2 Å². The predicted molar refractivity (Wildman–Crippen MR) is 88.2 cm³/mol. The fourth-order valence-electron chi connectivity index (χ4n) is 2.37. The van der Waals surface area contributed by atoms with Gasteiger partial charge in [0, 0.05) is 25.7 Å². The highest BCUT2D eigenvalue weighted by molar-refractivity contribution is 7.92. The second-order valence-electron chi connectivity index (χ2n) is 5.39. The lowest BCUT2D eigenvalue weighted by atomic mass is 10.3. The maximum Gasteiger partial charge on any atom is 0.318 e. The number of carboxylic acid groups (broad SMARTS) is 1. The Morgan fingerprint density at radius 3 is 2.74 bits per heavy atom. The summed E-state index contributed by atoms with van der Waals surface area (Å²) in [6, 6.07) is 5.03. The van der Waals surface area contributed by atoms with Crippen LogP contribution in [0, 0.1) is 0 Å². The first-order chi connectivity index (χ1) is 10.7. The Morgan fingerprint density at radius 1 is 1.35 bits per heavy atom. The summed E-state index contributed by atoms with van der Waals surface area (Å²) in [5.41, 5.74) is 0. The zero-order valence-corrected chi connectivity index (χ0v) is 14.6. The number of carboxylic acids is 1. The average molecular weight is 382 g/mol. The van der Waals surface area contributed by atoms with Crippen molar-refractivity contribution in [2.75, 3.05) is 31.1 Å². The van der Waals surface area contributed by atoms with Gasteiger partial charge in [0.25, 0.3) is 0 Å². The van der Waals surface area contributed by atoms with Crippen molar-refractivity contribution in [2.24, 2.45) is 0 Å². The van der Waals surface area contributed by atoms with Crippen LogP contribution in [0.4, 0.5) is 0 Å². The van der Waals surface area contributed by atoms with E-state index < -0.39 is 21.6 Å². The lowest BCUT2D eigenvalue weighted by Gasteiger charge is -2.17. The molecule has 0 saturated carbocycles. The molecule has 0 bridgehead atoms. The molecule has 2 rings (SSSR count). The van der Waals surface area contributed by atoms with Crippen LogP contribution in [0.5, 0.6) is 5.75 Å². The van der Waals surface area contributed by atoms with Gasteiger partial charge in [-0.15, -0.1) is 0 Å². The van der Waals surface area contributed by atoms with Crippen LogP contribution in [0.1, 0.15) is 6.42 Å². The van der Waals surface area contributed by atoms with E-state index >= 15 is 0 Å². The highest BCUT2D eigenvalue weighted by Gasteiger charge is 2.26. The molecule has 1 aliphatic heterocycles. The molecular formula is C14H17Cl2NO5S. The van der Waals surface area contributed by atoms with Gasteiger partial charge in [-0.2, -0.15) is 0 Å². The molecule has 1 aromatic carbocycles. The zero-order chi connectivity index (χ0) is 17.0. The third-order valence-electron chi connectivity index (χ3n) is 3.48. The van der Waals surface area contributed by atoms with Crippen LogP contribution in [0.3, 0.4) is 0 Å². The van der Waals surface area contributed by atoms with Crippen LogP contribution in [-0.4, -0.2) is 61.6 Å². The topological polar surface area (TPSA) is 83.9 Å². The number of ether oxygens (including phenoxy) is 1. The molecule has 0 amide bonds. The Balaban J connectivity index is 1.82. The predicted octanol–water partition coefficient (Wildman–Crippen LogP) is 1.95. The molecule has 1 saturated heterocycles. The van der Waals surface area contributed by atoms with E-state index in [0.717, 1.165) is 6.42 Å². The second-order valence-corrected chi connectivity index (χ2v) is 8.39. The van der Waals surface area contributed by atoms with Gasteiger partial charge in [-0.05, 0) is 18.6 Å². The van der Waals surface area contributed by atoms with Crippen molar-refractivity contribution in [3.63, 3.8) is 0 Å². The van der Waals surface area contributed by atoms with E-state index in [-0.39, 0.29) is 11.9 Å². The number of halogens is 2. The van der Waals surface area contributed by atoms with Gasteiger partial charge in [-0.3, -0.25) is 9.69 Å². The lowest BCUT2D eigenvalue weighted by molar-refractivity contribution is -0.134. The first-order valence-electron chi connectivity index (χ1n) is 7.01. The van der Waals surface area contributed by atoms with Gasteiger partial charge >= 0.3 is 5.97 Å². The lowest BCUT2D eigenvalue weighted by Crippen LogP contribution is -2.31. The first-order valence-corrected chi connectivity index (χ1v) is 9.59. The molecular weight excluding hydrogens is 365 g/mol. The number of carbonyl (C=O) groups is 1. The highest BCUT2D eigenvalue weighted by atomic mass is 35.5. The summed E-state index contributed by atoms with van der Waals surface area (Å²) in [4.78, 5) is 12.4. The Kier molecular flexibility index (Phi) is 6.13. The van der Waals surface area contributed by atoms with Crippen LogP contribution in [0.2, 0.25) is 10.0 Å². The summed E-state index contributed by atoms with van der Waals surface area (Å²) in [5, 5.41) is 9.43. The number of aliphatic carboxylic acids is 1. The molecule has 1 unspecified atom stereocenters. The van der Waals surface area contributed by atoms with Gasteiger partial charge in [0.15, 0.2) is 9.84 Å². The molecule has 6 nitrogen and oxygen atoms in total. The number of nitrogens with zero attached hydrogens (tertiary/aromatic N) is 1. The number of rotatable bonds is 7. The van der Waals surface area contributed by atoms with Crippen molar-refractivity contribution in [1.29, 1.82) is 0 Å². The maximum absolute atomic E-state index is 11.6. The van der Waals surface area contributed by atoms with E-state index in [0.29, 0.717) is 35.4 Å². The van der Waals surface area contributed by atoms with Crippen LogP contribution < -0.4 is 4.74 Å². The molecule has 0 aliphatic carbocycles. The largest absolute Gasteiger partial charge is 0.489 e. The molecule has 9 heteroatoms. The highest BCUT2D eigenvalue weighted by Crippen LogP contribution is 2.28. The normalized spacial score (nSPS) is 19.0. The molecule has 1 fully saturated rings. The molecule has 0 radical (unpaired) electrons. The summed E-state index contributed by atoms with van der Waals surface area (Å²) >= 11 is 11.8. The summed E-state index contributed by atoms with van der Waals surface area (Å²) in [6.45, 7) is 1.59. The molecule has 1 heterocycles. The molecule has 1 atom stereocenters. The van der Waals surface area contributed by atoms with Crippen LogP contribution >= 0.6 is 23.2 Å². The Hall–Kier alpha value is -1.02. The van der Waals surface area contributed by atoms with Gasteiger partial charge in [-0.1, -0.05) is 23.2 Å². The SMILES string of the molecule is O=C(O)CS(=O)(=O)CCN1CCC(Oc2ccc(Cl)c(Cl)c2)C1. The van der Waals surface area contributed by atoms with E-state index in [1.165, 1.54) is 0 Å². The van der Waals surface area contributed by atoms with E-state index in [1.54, 1.807) is 18.2 Å². The Morgan fingerprint density at radius 2 is 2.09 bits per heavy atom. The monoisotopic (exact) mass is 381 g/mol. The Labute approximate surface area is 144 Å². The summed E-state index contributed by atoms with van der Waals surface area (Å²) < 4.78 is 29.0. The molecule has 0 aromatic heterocycles. The van der Waals surface area contributed by atoms with Crippen LogP contribution in [0.15, 0.2) is 18.2 Å². The van der Waals surface area contributed by atoms with E-state index in [1.807, 2.05) is 4.90 Å². The van der Waals surface area contributed by atoms with Crippen molar-refractivity contribution in [1.82, 2.24) is 4.90 Å². The quantitative estimate of drug-likeness (QED) is 0.776. The number of likely N-dealkylation sites (tertiary alicyclic amines) is 1. The maximum atomic E-state index is 11.6. The fraction of sp³-hybridized carbons (Fsp3) is 0.500. The Bertz CT molecular complexity index is 680. The average Bonchev–Trinajstić information content (AvgIpc) is 2.87. The zero-order valence-electron chi connectivity index (χ0n) is 12.2. The third-order valence-corrected chi connectivity index (χ3v) is 5.72. The summed E-state index contributed by atoms with van der Waals surface area (Å²) in [7, 11) is -3.57. The first kappa shape index (κ1) is 18.3. The summed E-state index contributed by atoms with van der Waals surface area (Å²) in [5.74, 6) is -1.71. The molecule has 128 valence electrons. The van der Waals surface area contributed by atoms with Crippen molar-refractivity contribution in [2.45, 2.75) is 12.5 Å². The minimum absolute atomic E-state index is 0.0607. The minimum atomic E-state index is -3.57. The van der Waals surface area contributed by atoms with Gasteiger partial charge in [0.1, 0.15) is 17.6 Å². The number of sulfone groups is 1. The second kappa shape index (κ2) is 7.70. The number of hydrogen-bond acceptors (Lipinski definition) is 5. The fourth-order valence-corrected chi connectivity index (χ4v) is 3.71. The van der Waals surface area contributed by atoms with Gasteiger partial charge < -0.3 is 9.84 Å². The van der Waals surface area contributed by atoms with Crippen LogP contribution in [0.25, 0.3) is 0 Å². The van der Waals surface area contributed by atoms with Gasteiger partial charge in [0.05, 0.1) is 15.8 Å². The van der Waals surface area contributed by atoms with E-state index in [2.05, 4.69) is 0 Å². The minimum Gasteiger partial charge on any atom is -0.489 e. The molecule has 0 spiro atoms. The third kappa shape index (κ3) is 5.84. The number of benzene rings is 1. The number of hydrogen-bond donors (Lipinski definition) is 1. The van der Waals surface area contributed by atoms with Gasteiger partial charge in [-0.25, -0.2) is 8.42 Å². The molecule has 1 N–H and O–H groups in total. The molecule has 1 aliphatic rings. The standard InChI is InChI=1S/C14H17Cl2NO5S/c15-12-2-1-10(7-13(12)16)22-11-3-4-17(8-11)5-6-23(20,21)9-14(18)19/h1-2,7,11H,3-6,8-9H2,(H,18,19). The van der Waals surface area contributed by atoms with Crippen LogP contribution in [-0.2, 0) is 14.6 Å². The van der Waals surface area contributed by atoms with Gasteiger partial charge in [0.2, 0.25) is 0 Å². The van der Waals surface area contributed by atoms with Crippen molar-refractivity contribution in [3.8, 4) is 5.75 Å². The van der Waals surface area contributed by atoms with E-state index in [4.69, 9.17) is 33.0 Å². The molecule has 1 aromatic rings. The summed E-state index contributed by atoms with van der Waals surface area (Å²) in [6.07, 6.45) is 0.702. The van der Waals surface area contributed by atoms with Crippen molar-refractivity contribution in [3.05, 3.63) is 28.2 Å². The van der Waals surface area contributed by atoms with Crippen molar-refractivity contribution >= 4 is 39.0 Å². The molecule has 23 heavy (non-hydrogen) atoms.